The highest BCUT2D eigenvalue weighted by Gasteiger charge is 1.84. The number of benzene rings is 1. The van der Waals surface area contributed by atoms with Crippen LogP contribution < -0.4 is 0 Å². The molecule has 1 rings (SSSR count). The Morgan fingerprint density at radius 2 is 1.75 bits per heavy atom. The Bertz CT molecular complexity index is 419. The summed E-state index contributed by atoms with van der Waals surface area (Å²) in [5.41, 5.74) is 3.42. The van der Waals surface area contributed by atoms with E-state index in [1.807, 2.05) is 31.2 Å². The van der Waals surface area contributed by atoms with Crippen LogP contribution in [-0.2, 0) is 0 Å². The third kappa shape index (κ3) is 4.56. The second kappa shape index (κ2) is 6.57. The summed E-state index contributed by atoms with van der Waals surface area (Å²) in [7, 11) is 0. The first-order valence-electron chi connectivity index (χ1n) is 5.31. The van der Waals surface area contributed by atoms with Crippen molar-refractivity contribution in [2.45, 2.75) is 13.8 Å². The average molecular weight is 211 g/mol. The Labute approximate surface area is 97.3 Å². The number of allylic oxidation sites excluding steroid dienone is 5. The van der Waals surface area contributed by atoms with Crippen LogP contribution in [0.5, 0.6) is 0 Å². The van der Waals surface area contributed by atoms with Crippen LogP contribution in [0.15, 0.2) is 54.1 Å². The zero-order valence-electron chi connectivity index (χ0n) is 9.77. The summed E-state index contributed by atoms with van der Waals surface area (Å²) < 4.78 is 0. The Morgan fingerprint density at radius 3 is 2.38 bits per heavy atom. The van der Waals surface area contributed by atoms with Crippen molar-refractivity contribution in [1.29, 1.82) is 5.41 Å². The van der Waals surface area contributed by atoms with E-state index in [9.17, 15) is 0 Å². The van der Waals surface area contributed by atoms with Gasteiger partial charge in [0.1, 0.15) is 0 Å². The molecule has 0 aliphatic carbocycles. The normalized spacial score (nSPS) is 12.5. The highest BCUT2D eigenvalue weighted by atomic mass is 14.3. The topological polar surface area (TPSA) is 23.9 Å². The second-order valence-electron chi connectivity index (χ2n) is 3.71. The predicted molar refractivity (Wildman–Crippen MR) is 71.9 cm³/mol. The van der Waals surface area contributed by atoms with Crippen LogP contribution in [0.3, 0.4) is 0 Å². The molecule has 1 heteroatoms. The van der Waals surface area contributed by atoms with E-state index in [1.165, 1.54) is 17.3 Å². The van der Waals surface area contributed by atoms with Crippen molar-refractivity contribution in [2.24, 2.45) is 0 Å². The molecule has 1 nitrogen and oxygen atoms in total. The molecule has 0 aliphatic heterocycles. The van der Waals surface area contributed by atoms with Crippen molar-refractivity contribution in [1.82, 2.24) is 0 Å². The van der Waals surface area contributed by atoms with Gasteiger partial charge in [0.25, 0.3) is 0 Å². The minimum absolute atomic E-state index is 0.944. The molecule has 0 heterocycles. The van der Waals surface area contributed by atoms with Gasteiger partial charge in [0.05, 0.1) is 0 Å². The fraction of sp³-hybridized carbons (Fsp3) is 0.133. The Morgan fingerprint density at radius 1 is 1.06 bits per heavy atom. The summed E-state index contributed by atoms with van der Waals surface area (Å²) in [5.74, 6) is 0. The van der Waals surface area contributed by atoms with Crippen molar-refractivity contribution in [3.05, 3.63) is 65.3 Å². The maximum absolute atomic E-state index is 7.00. The minimum Gasteiger partial charge on any atom is -0.308 e. The molecule has 1 aromatic rings. The van der Waals surface area contributed by atoms with E-state index in [4.69, 9.17) is 5.41 Å². The van der Waals surface area contributed by atoms with Crippen LogP contribution in [0.4, 0.5) is 0 Å². The van der Waals surface area contributed by atoms with Crippen molar-refractivity contribution in [3.8, 4) is 0 Å². The van der Waals surface area contributed by atoms with Gasteiger partial charge in [-0.05, 0) is 25.0 Å². The summed E-state index contributed by atoms with van der Waals surface area (Å²) in [5, 5.41) is 7.00. The molecule has 0 atom stereocenters. The van der Waals surface area contributed by atoms with Crippen LogP contribution in [0.1, 0.15) is 18.1 Å². The molecule has 0 fully saturated rings. The molecule has 0 spiro atoms. The van der Waals surface area contributed by atoms with Gasteiger partial charge in [-0.3, -0.25) is 0 Å². The lowest BCUT2D eigenvalue weighted by atomic mass is 10.1. The fourth-order valence-electron chi connectivity index (χ4n) is 1.16. The SMILES string of the molecule is C/C(C=N)=C/C=C/C=Cc1ccc(C)cc1. The fourth-order valence-corrected chi connectivity index (χ4v) is 1.16. The van der Waals surface area contributed by atoms with Gasteiger partial charge in [0.2, 0.25) is 0 Å². The van der Waals surface area contributed by atoms with Gasteiger partial charge in [-0.15, -0.1) is 0 Å². The van der Waals surface area contributed by atoms with Gasteiger partial charge in [-0.1, -0.05) is 60.2 Å². The Kier molecular flexibility index (Phi) is 5.00. The van der Waals surface area contributed by atoms with Crippen LogP contribution in [0, 0.1) is 12.3 Å². The molecular formula is C15H17N. The Balaban J connectivity index is 2.55. The molecule has 0 radical (unpaired) electrons. The largest absolute Gasteiger partial charge is 0.308 e. The first kappa shape index (κ1) is 12.2. The second-order valence-corrected chi connectivity index (χ2v) is 3.71. The van der Waals surface area contributed by atoms with Gasteiger partial charge in [-0.2, -0.15) is 0 Å². The lowest BCUT2D eigenvalue weighted by molar-refractivity contribution is 1.46. The number of hydrogen-bond acceptors (Lipinski definition) is 1. The predicted octanol–water partition coefficient (Wildman–Crippen LogP) is 4.16. The molecule has 0 unspecified atom stereocenters. The summed E-state index contributed by atoms with van der Waals surface area (Å²) >= 11 is 0. The van der Waals surface area contributed by atoms with E-state index >= 15 is 0 Å². The first-order chi connectivity index (χ1) is 7.72. The number of nitrogens with one attached hydrogen (secondary N) is 1. The standard InChI is InChI=1S/C15H17N/c1-13-8-10-15(11-9-13)7-5-3-4-6-14(2)12-16/h3-12,16H,1-2H3/b4-3+,7-5?,14-6-,16-12?. The summed E-state index contributed by atoms with van der Waals surface area (Å²) in [4.78, 5) is 0. The average Bonchev–Trinajstić information content (AvgIpc) is 2.31. The van der Waals surface area contributed by atoms with Crippen molar-refractivity contribution >= 4 is 12.3 Å². The maximum atomic E-state index is 7.00. The number of hydrogen-bond donors (Lipinski definition) is 1. The quantitative estimate of drug-likeness (QED) is 0.571. The molecule has 1 aromatic carbocycles. The molecule has 0 saturated heterocycles. The lowest BCUT2D eigenvalue weighted by Gasteiger charge is -1.92. The minimum atomic E-state index is 0.944. The molecule has 0 aliphatic rings. The molecule has 82 valence electrons. The third-order valence-corrected chi connectivity index (χ3v) is 2.18. The van der Waals surface area contributed by atoms with Crippen LogP contribution >= 0.6 is 0 Å². The molecule has 1 N–H and O–H groups in total. The van der Waals surface area contributed by atoms with Gasteiger partial charge >= 0.3 is 0 Å². The van der Waals surface area contributed by atoms with Gasteiger partial charge < -0.3 is 5.41 Å². The van der Waals surface area contributed by atoms with E-state index in [0.717, 1.165) is 5.57 Å². The Hall–Kier alpha value is -1.89. The third-order valence-electron chi connectivity index (χ3n) is 2.18. The zero-order valence-corrected chi connectivity index (χ0v) is 9.77. The summed E-state index contributed by atoms with van der Waals surface area (Å²) in [6.07, 6.45) is 11.2. The van der Waals surface area contributed by atoms with Crippen LogP contribution in [0.25, 0.3) is 6.08 Å². The van der Waals surface area contributed by atoms with Crippen molar-refractivity contribution in [3.63, 3.8) is 0 Å². The molecule has 16 heavy (non-hydrogen) atoms. The van der Waals surface area contributed by atoms with Crippen molar-refractivity contribution in [2.75, 3.05) is 0 Å². The van der Waals surface area contributed by atoms with E-state index in [1.54, 1.807) is 0 Å². The first-order valence-corrected chi connectivity index (χ1v) is 5.31. The molecule has 0 amide bonds. The van der Waals surface area contributed by atoms with E-state index in [-0.39, 0.29) is 0 Å². The van der Waals surface area contributed by atoms with Gasteiger partial charge in [-0.25, -0.2) is 0 Å². The van der Waals surface area contributed by atoms with Crippen molar-refractivity contribution < 1.29 is 0 Å². The molecule has 0 aromatic heterocycles. The van der Waals surface area contributed by atoms with E-state index < -0.39 is 0 Å². The summed E-state index contributed by atoms with van der Waals surface area (Å²) in [6.45, 7) is 3.99. The van der Waals surface area contributed by atoms with Gasteiger partial charge in [0.15, 0.2) is 0 Å². The zero-order chi connectivity index (χ0) is 11.8. The number of rotatable bonds is 4. The molecule has 0 bridgehead atoms. The smallest absolute Gasteiger partial charge is 0.0207 e. The number of aryl methyl sites for hydroxylation is 1. The van der Waals surface area contributed by atoms with Crippen LogP contribution in [-0.4, -0.2) is 6.21 Å². The molecular weight excluding hydrogens is 194 g/mol. The highest BCUT2D eigenvalue weighted by molar-refractivity contribution is 5.75. The van der Waals surface area contributed by atoms with E-state index in [0.29, 0.717) is 0 Å². The molecule has 0 saturated carbocycles. The highest BCUT2D eigenvalue weighted by Crippen LogP contribution is 2.04. The van der Waals surface area contributed by atoms with E-state index in [2.05, 4.69) is 37.3 Å². The van der Waals surface area contributed by atoms with Crippen LogP contribution in [0.2, 0.25) is 0 Å². The monoisotopic (exact) mass is 211 g/mol. The van der Waals surface area contributed by atoms with Gasteiger partial charge in [0, 0.05) is 6.21 Å². The summed E-state index contributed by atoms with van der Waals surface area (Å²) in [6, 6.07) is 8.39. The maximum Gasteiger partial charge on any atom is 0.0207 e. The lowest BCUT2D eigenvalue weighted by Crippen LogP contribution is -1.72.